The Morgan fingerprint density at radius 3 is 1.96 bits per heavy atom. The van der Waals surface area contributed by atoms with Gasteiger partial charge in [0.05, 0.1) is 0 Å². The van der Waals surface area contributed by atoms with Crippen molar-refractivity contribution < 1.29 is 4.79 Å². The number of hydrogen-bond donors (Lipinski definition) is 1. The molecule has 7 nitrogen and oxygen atoms in total. The Balaban J connectivity index is 1.79. The largest absolute Gasteiger partial charge is 0.294 e. The Kier molecular flexibility index (Phi) is 7.12. The molecule has 0 aliphatic heterocycles. The molecule has 1 N–H and O–H groups in total. The van der Waals surface area contributed by atoms with Crippen molar-refractivity contribution in [1.82, 2.24) is 24.9 Å². The van der Waals surface area contributed by atoms with Crippen molar-refractivity contribution >= 4 is 11.9 Å². The van der Waals surface area contributed by atoms with E-state index in [1.807, 2.05) is 36.4 Å². The maximum absolute atomic E-state index is 12.3. The Morgan fingerprint density at radius 1 is 0.821 bits per heavy atom. The number of amides is 1. The van der Waals surface area contributed by atoms with Crippen LogP contribution in [-0.4, -0.2) is 30.8 Å². The van der Waals surface area contributed by atoms with E-state index in [4.69, 9.17) is 0 Å². The number of anilines is 1. The van der Waals surface area contributed by atoms with Crippen molar-refractivity contribution in [2.45, 2.75) is 45.4 Å². The second-order valence-corrected chi connectivity index (χ2v) is 6.45. The van der Waals surface area contributed by atoms with Crippen molar-refractivity contribution in [2.75, 3.05) is 5.32 Å². The highest BCUT2D eigenvalue weighted by molar-refractivity contribution is 5.89. The number of nitrogens with one attached hydrogen (secondary N) is 1. The molecular weight excluding hydrogens is 352 g/mol. The van der Waals surface area contributed by atoms with E-state index in [2.05, 4.69) is 37.2 Å². The smallest absolute Gasteiger partial charge is 0.233 e. The first-order valence-corrected chi connectivity index (χ1v) is 9.65. The number of unbranched alkanes of at least 4 members (excludes halogenated alkanes) is 4. The van der Waals surface area contributed by atoms with E-state index in [1.54, 1.807) is 12.4 Å². The fourth-order valence-corrected chi connectivity index (χ4v) is 2.73. The van der Waals surface area contributed by atoms with Crippen molar-refractivity contribution in [3.05, 3.63) is 48.8 Å². The van der Waals surface area contributed by atoms with Crippen LogP contribution in [0.25, 0.3) is 23.0 Å². The van der Waals surface area contributed by atoms with Gasteiger partial charge in [-0.3, -0.25) is 20.1 Å². The minimum atomic E-state index is -0.0957. The molecule has 3 heterocycles. The topological polar surface area (TPSA) is 93.6 Å². The van der Waals surface area contributed by atoms with Crippen LogP contribution in [0.3, 0.4) is 0 Å². The summed E-state index contributed by atoms with van der Waals surface area (Å²) in [7, 11) is 0. The predicted octanol–water partition coefficient (Wildman–Crippen LogP) is 4.29. The van der Waals surface area contributed by atoms with Gasteiger partial charge in [0.25, 0.3) is 0 Å². The van der Waals surface area contributed by atoms with Crippen LogP contribution in [0.1, 0.15) is 45.4 Å². The van der Waals surface area contributed by atoms with Gasteiger partial charge in [-0.2, -0.15) is 9.97 Å². The maximum Gasteiger partial charge on any atom is 0.233 e. The summed E-state index contributed by atoms with van der Waals surface area (Å²) in [5, 5.41) is 2.80. The van der Waals surface area contributed by atoms with Gasteiger partial charge in [0.15, 0.2) is 11.6 Å². The summed E-state index contributed by atoms with van der Waals surface area (Å²) in [5.74, 6) is 0.917. The van der Waals surface area contributed by atoms with Crippen LogP contribution in [-0.2, 0) is 4.79 Å². The molecule has 0 radical (unpaired) electrons. The number of aromatic nitrogens is 5. The van der Waals surface area contributed by atoms with Crippen LogP contribution in [0.5, 0.6) is 0 Å². The quantitative estimate of drug-likeness (QED) is 0.560. The Bertz CT molecular complexity index is 828. The van der Waals surface area contributed by atoms with E-state index in [0.717, 1.165) is 19.3 Å². The van der Waals surface area contributed by atoms with Crippen molar-refractivity contribution in [3.8, 4) is 23.0 Å². The lowest BCUT2D eigenvalue weighted by Gasteiger charge is -2.08. The number of rotatable bonds is 9. The lowest BCUT2D eigenvalue weighted by Crippen LogP contribution is -2.15. The zero-order chi connectivity index (χ0) is 19.6. The minimum absolute atomic E-state index is 0.0957. The van der Waals surface area contributed by atoms with Crippen LogP contribution >= 0.6 is 0 Å². The molecule has 28 heavy (non-hydrogen) atoms. The monoisotopic (exact) mass is 376 g/mol. The number of hydrogen-bond acceptors (Lipinski definition) is 6. The summed E-state index contributed by atoms with van der Waals surface area (Å²) >= 11 is 0. The summed E-state index contributed by atoms with van der Waals surface area (Å²) < 4.78 is 0. The summed E-state index contributed by atoms with van der Waals surface area (Å²) in [6, 6.07) is 11.0. The van der Waals surface area contributed by atoms with Crippen LogP contribution in [0.2, 0.25) is 0 Å². The van der Waals surface area contributed by atoms with Crippen LogP contribution in [0.15, 0.2) is 48.8 Å². The highest BCUT2D eigenvalue weighted by atomic mass is 16.1. The summed E-state index contributed by atoms with van der Waals surface area (Å²) in [6.45, 7) is 2.17. The van der Waals surface area contributed by atoms with Gasteiger partial charge in [0.1, 0.15) is 11.4 Å². The zero-order valence-corrected chi connectivity index (χ0v) is 16.0. The first-order chi connectivity index (χ1) is 13.8. The van der Waals surface area contributed by atoms with Gasteiger partial charge in [-0.15, -0.1) is 0 Å². The highest BCUT2D eigenvalue weighted by Crippen LogP contribution is 2.19. The third-order valence-corrected chi connectivity index (χ3v) is 4.18. The van der Waals surface area contributed by atoms with Gasteiger partial charge in [0.2, 0.25) is 11.9 Å². The Labute approximate surface area is 164 Å². The van der Waals surface area contributed by atoms with E-state index in [9.17, 15) is 4.79 Å². The molecule has 1 amide bonds. The summed E-state index contributed by atoms with van der Waals surface area (Å²) in [6.07, 6.45) is 9.26. The third-order valence-electron chi connectivity index (χ3n) is 4.18. The first-order valence-electron chi connectivity index (χ1n) is 9.65. The standard InChI is InChI=1S/C21H24N6O/c1-2-3-4-5-6-13-18(28)24-21-26-19(16-11-7-9-14-22-16)25-20(27-21)17-12-8-10-15-23-17/h7-12,14-15H,2-6,13H2,1H3,(H,24,25,26,27,28). The lowest BCUT2D eigenvalue weighted by molar-refractivity contribution is -0.116. The molecule has 0 aliphatic rings. The van der Waals surface area contributed by atoms with Crippen molar-refractivity contribution in [1.29, 1.82) is 0 Å². The van der Waals surface area contributed by atoms with E-state index in [-0.39, 0.29) is 11.9 Å². The SMILES string of the molecule is CCCCCCCC(=O)Nc1nc(-c2ccccn2)nc(-c2ccccn2)n1. The first kappa shape index (κ1) is 19.5. The van der Waals surface area contributed by atoms with Gasteiger partial charge in [-0.05, 0) is 30.7 Å². The number of pyridine rings is 2. The molecule has 0 bridgehead atoms. The molecule has 0 fully saturated rings. The summed E-state index contributed by atoms with van der Waals surface area (Å²) in [5.41, 5.74) is 1.22. The second-order valence-electron chi connectivity index (χ2n) is 6.45. The normalized spacial score (nSPS) is 10.6. The highest BCUT2D eigenvalue weighted by Gasteiger charge is 2.13. The Hall–Kier alpha value is -3.22. The molecule has 0 unspecified atom stereocenters. The number of carbonyl (C=O) groups is 1. The molecule has 7 heteroatoms. The van der Waals surface area contributed by atoms with E-state index in [0.29, 0.717) is 29.5 Å². The average molecular weight is 376 g/mol. The van der Waals surface area contributed by atoms with Crippen molar-refractivity contribution in [3.63, 3.8) is 0 Å². The second kappa shape index (κ2) is 10.2. The number of carbonyl (C=O) groups excluding carboxylic acids is 1. The van der Waals surface area contributed by atoms with Crippen LogP contribution < -0.4 is 5.32 Å². The molecule has 3 aromatic heterocycles. The third kappa shape index (κ3) is 5.64. The molecular formula is C21H24N6O. The van der Waals surface area contributed by atoms with Gasteiger partial charge in [-0.25, -0.2) is 4.98 Å². The Morgan fingerprint density at radius 2 is 1.43 bits per heavy atom. The minimum Gasteiger partial charge on any atom is -0.294 e. The predicted molar refractivity (Wildman–Crippen MR) is 108 cm³/mol. The molecule has 0 saturated carbocycles. The molecule has 0 atom stereocenters. The maximum atomic E-state index is 12.3. The average Bonchev–Trinajstić information content (AvgIpc) is 2.74. The fourth-order valence-electron chi connectivity index (χ4n) is 2.73. The van der Waals surface area contributed by atoms with Crippen LogP contribution in [0.4, 0.5) is 5.95 Å². The summed E-state index contributed by atoms with van der Waals surface area (Å²) in [4.78, 5) is 34.1. The number of nitrogens with zero attached hydrogens (tertiary/aromatic N) is 5. The molecule has 0 aromatic carbocycles. The zero-order valence-electron chi connectivity index (χ0n) is 16.0. The van der Waals surface area contributed by atoms with E-state index >= 15 is 0 Å². The van der Waals surface area contributed by atoms with Gasteiger partial charge >= 0.3 is 0 Å². The molecule has 0 spiro atoms. The lowest BCUT2D eigenvalue weighted by atomic mass is 10.1. The molecule has 0 aliphatic carbocycles. The molecule has 0 saturated heterocycles. The van der Waals surface area contributed by atoms with Gasteiger partial charge < -0.3 is 0 Å². The molecule has 3 aromatic rings. The van der Waals surface area contributed by atoms with Gasteiger partial charge in [-0.1, -0.05) is 44.7 Å². The molecule has 3 rings (SSSR count). The van der Waals surface area contributed by atoms with E-state index < -0.39 is 0 Å². The van der Waals surface area contributed by atoms with Crippen molar-refractivity contribution in [2.24, 2.45) is 0 Å². The fraction of sp³-hybridized carbons (Fsp3) is 0.333. The van der Waals surface area contributed by atoms with E-state index in [1.165, 1.54) is 12.8 Å². The van der Waals surface area contributed by atoms with Crippen LogP contribution in [0, 0.1) is 0 Å². The van der Waals surface area contributed by atoms with Gasteiger partial charge in [0, 0.05) is 18.8 Å². The molecule has 144 valence electrons.